The van der Waals surface area contributed by atoms with Gasteiger partial charge in [-0.3, -0.25) is 0 Å². The van der Waals surface area contributed by atoms with Gasteiger partial charge in [0.15, 0.2) is 10.8 Å². The van der Waals surface area contributed by atoms with Gasteiger partial charge in [0.1, 0.15) is 12.4 Å². The minimum absolute atomic E-state index is 0.422. The first-order chi connectivity index (χ1) is 11.3. The number of nitrogens with zero attached hydrogens (tertiary/aromatic N) is 4. The summed E-state index contributed by atoms with van der Waals surface area (Å²) in [6, 6.07) is 17.9. The molecule has 0 spiro atoms. The van der Waals surface area contributed by atoms with Crippen LogP contribution in [0.15, 0.2) is 54.6 Å². The molecule has 2 aromatic heterocycles. The zero-order chi connectivity index (χ0) is 15.6. The van der Waals surface area contributed by atoms with Crippen molar-refractivity contribution in [2.24, 2.45) is 0 Å². The maximum atomic E-state index is 5.74. The second-order valence-corrected chi connectivity index (χ2v) is 6.22. The lowest BCUT2D eigenvalue weighted by Gasteiger charge is -2.02. The topological polar surface area (TPSA) is 52.3 Å². The van der Waals surface area contributed by atoms with E-state index in [-0.39, 0.29) is 0 Å². The highest BCUT2D eigenvalue weighted by molar-refractivity contribution is 7.16. The van der Waals surface area contributed by atoms with Crippen LogP contribution in [0.2, 0.25) is 0 Å². The second-order valence-electron chi connectivity index (χ2n) is 5.18. The van der Waals surface area contributed by atoms with Crippen molar-refractivity contribution in [3.05, 3.63) is 65.2 Å². The van der Waals surface area contributed by atoms with E-state index in [2.05, 4.69) is 34.4 Å². The van der Waals surface area contributed by atoms with Gasteiger partial charge in [-0.05, 0) is 19.1 Å². The summed E-state index contributed by atoms with van der Waals surface area (Å²) in [5.74, 6) is 1.58. The normalized spacial score (nSPS) is 11.0. The minimum Gasteiger partial charge on any atom is -0.486 e. The van der Waals surface area contributed by atoms with Gasteiger partial charge in [-0.15, -0.1) is 10.2 Å². The third-order valence-corrected chi connectivity index (χ3v) is 4.32. The Kier molecular flexibility index (Phi) is 3.51. The summed E-state index contributed by atoms with van der Waals surface area (Å²) in [6.07, 6.45) is 0. The minimum atomic E-state index is 0.422. The molecule has 0 fully saturated rings. The summed E-state index contributed by atoms with van der Waals surface area (Å²) < 4.78 is 7.52. The van der Waals surface area contributed by atoms with Gasteiger partial charge in [0.2, 0.25) is 4.96 Å². The van der Waals surface area contributed by atoms with Gasteiger partial charge in [0, 0.05) is 5.56 Å². The Balaban J connectivity index is 1.60. The van der Waals surface area contributed by atoms with E-state index >= 15 is 0 Å². The van der Waals surface area contributed by atoms with Crippen molar-refractivity contribution in [2.45, 2.75) is 13.5 Å². The lowest BCUT2D eigenvalue weighted by atomic mass is 10.1. The summed E-state index contributed by atoms with van der Waals surface area (Å²) in [6.45, 7) is 2.48. The molecular formula is C17H14N4OS. The first-order valence-corrected chi connectivity index (χ1v) is 8.07. The van der Waals surface area contributed by atoms with Crippen LogP contribution in [0.3, 0.4) is 0 Å². The Bertz CT molecular complexity index is 928. The molecule has 6 heteroatoms. The maximum Gasteiger partial charge on any atom is 0.235 e. The molecule has 0 amide bonds. The molecular weight excluding hydrogens is 308 g/mol. The number of hydrogen-bond acceptors (Lipinski definition) is 5. The molecule has 4 rings (SSSR count). The molecule has 114 valence electrons. The van der Waals surface area contributed by atoms with Crippen LogP contribution in [0.5, 0.6) is 5.75 Å². The monoisotopic (exact) mass is 322 g/mol. The molecule has 2 aromatic carbocycles. The highest BCUT2D eigenvalue weighted by Crippen LogP contribution is 2.22. The quantitative estimate of drug-likeness (QED) is 0.574. The van der Waals surface area contributed by atoms with Crippen LogP contribution in [-0.4, -0.2) is 19.8 Å². The molecule has 0 bridgehead atoms. The molecule has 23 heavy (non-hydrogen) atoms. The molecule has 0 N–H and O–H groups in total. The average Bonchev–Trinajstić information content (AvgIpc) is 3.15. The van der Waals surface area contributed by atoms with Crippen LogP contribution >= 0.6 is 11.3 Å². The fraction of sp³-hybridized carbons (Fsp3) is 0.118. The zero-order valence-electron chi connectivity index (χ0n) is 12.5. The lowest BCUT2D eigenvalue weighted by molar-refractivity contribution is 0.304. The smallest absolute Gasteiger partial charge is 0.235 e. The van der Waals surface area contributed by atoms with Crippen molar-refractivity contribution in [1.29, 1.82) is 0 Å². The fourth-order valence-corrected chi connectivity index (χ4v) is 3.01. The zero-order valence-corrected chi connectivity index (χ0v) is 13.3. The Hall–Kier alpha value is -2.73. The van der Waals surface area contributed by atoms with Crippen molar-refractivity contribution in [3.63, 3.8) is 0 Å². The van der Waals surface area contributed by atoms with E-state index in [1.165, 1.54) is 16.9 Å². The predicted octanol–water partition coefficient (Wildman–Crippen LogP) is 3.74. The van der Waals surface area contributed by atoms with Gasteiger partial charge in [0.05, 0.1) is 0 Å². The maximum absolute atomic E-state index is 5.74. The van der Waals surface area contributed by atoms with Crippen molar-refractivity contribution < 1.29 is 4.74 Å². The molecule has 0 aliphatic carbocycles. The van der Waals surface area contributed by atoms with Gasteiger partial charge in [-0.25, -0.2) is 0 Å². The van der Waals surface area contributed by atoms with Crippen molar-refractivity contribution >= 4 is 16.3 Å². The number of para-hydroxylation sites is 1. The molecule has 4 aromatic rings. The largest absolute Gasteiger partial charge is 0.486 e. The Morgan fingerprint density at radius 1 is 1.00 bits per heavy atom. The molecule has 0 atom stereocenters. The summed E-state index contributed by atoms with van der Waals surface area (Å²) in [5, 5.41) is 13.9. The van der Waals surface area contributed by atoms with E-state index in [9.17, 15) is 0 Å². The van der Waals surface area contributed by atoms with Gasteiger partial charge in [0.25, 0.3) is 0 Å². The Morgan fingerprint density at radius 3 is 2.57 bits per heavy atom. The summed E-state index contributed by atoms with van der Waals surface area (Å²) in [5.41, 5.74) is 2.22. The number of aryl methyl sites for hydroxylation is 1. The molecule has 0 saturated heterocycles. The molecule has 0 radical (unpaired) electrons. The summed E-state index contributed by atoms with van der Waals surface area (Å²) >= 11 is 1.49. The molecule has 0 aliphatic heterocycles. The summed E-state index contributed by atoms with van der Waals surface area (Å²) in [4.78, 5) is 0.771. The molecule has 2 heterocycles. The van der Waals surface area contributed by atoms with Crippen molar-refractivity contribution in [2.75, 3.05) is 0 Å². The number of benzene rings is 2. The van der Waals surface area contributed by atoms with E-state index in [0.29, 0.717) is 6.61 Å². The van der Waals surface area contributed by atoms with Crippen LogP contribution < -0.4 is 4.74 Å². The van der Waals surface area contributed by atoms with Gasteiger partial charge in [-0.1, -0.05) is 59.4 Å². The van der Waals surface area contributed by atoms with E-state index < -0.39 is 0 Å². The first-order valence-electron chi connectivity index (χ1n) is 7.25. The third kappa shape index (κ3) is 2.80. The van der Waals surface area contributed by atoms with Crippen LogP contribution in [0, 0.1) is 6.92 Å². The molecule has 5 nitrogen and oxygen atoms in total. The highest BCUT2D eigenvalue weighted by Gasteiger charge is 2.13. The first kappa shape index (κ1) is 13.9. The van der Waals surface area contributed by atoms with E-state index in [1.807, 2.05) is 42.5 Å². The highest BCUT2D eigenvalue weighted by atomic mass is 32.1. The molecule has 0 unspecified atom stereocenters. The van der Waals surface area contributed by atoms with Gasteiger partial charge < -0.3 is 4.74 Å². The number of ether oxygens (including phenoxy) is 1. The standard InChI is InChI=1S/C17H14N4OS/c1-12-7-9-13(10-8-12)16-18-19-17-21(16)20-15(23-17)11-22-14-5-3-2-4-6-14/h2-10H,11H2,1H3. The van der Waals surface area contributed by atoms with Crippen molar-refractivity contribution in [1.82, 2.24) is 19.8 Å². The van der Waals surface area contributed by atoms with Gasteiger partial charge >= 0.3 is 0 Å². The second kappa shape index (κ2) is 5.81. The molecule has 0 aliphatic rings. The Labute approximate surface area is 137 Å². The van der Waals surface area contributed by atoms with Gasteiger partial charge in [-0.2, -0.15) is 9.61 Å². The van der Waals surface area contributed by atoms with E-state index in [0.717, 1.165) is 27.1 Å². The van der Waals surface area contributed by atoms with Crippen LogP contribution in [0.25, 0.3) is 16.3 Å². The Morgan fingerprint density at radius 2 is 1.78 bits per heavy atom. The lowest BCUT2D eigenvalue weighted by Crippen LogP contribution is -1.97. The van der Waals surface area contributed by atoms with E-state index in [4.69, 9.17) is 4.74 Å². The molecule has 0 saturated carbocycles. The van der Waals surface area contributed by atoms with Crippen LogP contribution in [-0.2, 0) is 6.61 Å². The third-order valence-electron chi connectivity index (χ3n) is 3.45. The number of hydrogen-bond donors (Lipinski definition) is 0. The predicted molar refractivity (Wildman–Crippen MR) is 89.6 cm³/mol. The number of rotatable bonds is 4. The average molecular weight is 322 g/mol. The van der Waals surface area contributed by atoms with Crippen LogP contribution in [0.1, 0.15) is 10.6 Å². The van der Waals surface area contributed by atoms with Crippen LogP contribution in [0.4, 0.5) is 0 Å². The SMILES string of the molecule is Cc1ccc(-c2nnc3sc(COc4ccccc4)nn23)cc1. The van der Waals surface area contributed by atoms with Crippen molar-refractivity contribution in [3.8, 4) is 17.1 Å². The number of aromatic nitrogens is 4. The number of fused-ring (bicyclic) bond motifs is 1. The van der Waals surface area contributed by atoms with E-state index in [1.54, 1.807) is 4.52 Å². The fourth-order valence-electron chi connectivity index (χ4n) is 2.26. The summed E-state index contributed by atoms with van der Waals surface area (Å²) in [7, 11) is 0.